The summed E-state index contributed by atoms with van der Waals surface area (Å²) in [6.45, 7) is 6.76. The second-order valence-electron chi connectivity index (χ2n) is 5.81. The SMILES string of the molecule is CN1CCC(C)(CNCc2ccccc2Cl)CC1. The van der Waals surface area contributed by atoms with Crippen molar-refractivity contribution in [2.24, 2.45) is 5.41 Å². The van der Waals surface area contributed by atoms with Gasteiger partial charge in [-0.3, -0.25) is 0 Å². The predicted molar refractivity (Wildman–Crippen MR) is 78.0 cm³/mol. The Hall–Kier alpha value is -0.570. The maximum atomic E-state index is 6.15. The molecule has 1 saturated heterocycles. The first kappa shape index (κ1) is 13.9. The van der Waals surface area contributed by atoms with Crippen LogP contribution in [-0.4, -0.2) is 31.6 Å². The molecule has 0 aromatic heterocycles. The highest BCUT2D eigenvalue weighted by molar-refractivity contribution is 6.31. The fourth-order valence-electron chi connectivity index (χ4n) is 2.48. The van der Waals surface area contributed by atoms with Crippen molar-refractivity contribution in [3.05, 3.63) is 34.9 Å². The van der Waals surface area contributed by atoms with Gasteiger partial charge in [-0.05, 0) is 50.0 Å². The predicted octanol–water partition coefficient (Wildman–Crippen LogP) is 3.16. The van der Waals surface area contributed by atoms with E-state index in [-0.39, 0.29) is 0 Å². The molecule has 1 aliphatic rings. The maximum Gasteiger partial charge on any atom is 0.0450 e. The molecular weight excluding hydrogens is 244 g/mol. The van der Waals surface area contributed by atoms with Crippen molar-refractivity contribution in [3.8, 4) is 0 Å². The summed E-state index contributed by atoms with van der Waals surface area (Å²) in [7, 11) is 2.21. The number of benzene rings is 1. The summed E-state index contributed by atoms with van der Waals surface area (Å²) in [6, 6.07) is 8.06. The second kappa shape index (κ2) is 6.05. The topological polar surface area (TPSA) is 15.3 Å². The summed E-state index contributed by atoms with van der Waals surface area (Å²) in [6.07, 6.45) is 2.55. The molecule has 2 nitrogen and oxygen atoms in total. The van der Waals surface area contributed by atoms with Crippen LogP contribution in [0.3, 0.4) is 0 Å². The molecular formula is C15H23ClN2. The molecule has 0 atom stereocenters. The van der Waals surface area contributed by atoms with Gasteiger partial charge in [0.05, 0.1) is 0 Å². The smallest absolute Gasteiger partial charge is 0.0450 e. The lowest BCUT2D eigenvalue weighted by Gasteiger charge is -2.38. The number of nitrogens with zero attached hydrogens (tertiary/aromatic N) is 1. The van der Waals surface area contributed by atoms with Crippen LogP contribution in [0, 0.1) is 5.41 Å². The van der Waals surface area contributed by atoms with Gasteiger partial charge < -0.3 is 10.2 Å². The van der Waals surface area contributed by atoms with Crippen molar-refractivity contribution in [1.82, 2.24) is 10.2 Å². The lowest BCUT2D eigenvalue weighted by molar-refractivity contribution is 0.137. The van der Waals surface area contributed by atoms with Crippen molar-refractivity contribution < 1.29 is 0 Å². The Morgan fingerprint density at radius 1 is 1.28 bits per heavy atom. The summed E-state index contributed by atoms with van der Waals surface area (Å²) in [5, 5.41) is 4.42. The van der Waals surface area contributed by atoms with Gasteiger partial charge in [-0.25, -0.2) is 0 Å². The maximum absolute atomic E-state index is 6.15. The molecule has 1 aromatic rings. The van der Waals surface area contributed by atoms with Gasteiger partial charge in [0.2, 0.25) is 0 Å². The number of likely N-dealkylation sites (tertiary alicyclic amines) is 1. The van der Waals surface area contributed by atoms with E-state index in [1.54, 1.807) is 0 Å². The molecule has 1 N–H and O–H groups in total. The second-order valence-corrected chi connectivity index (χ2v) is 6.22. The molecule has 1 aliphatic heterocycles. The summed E-state index contributed by atoms with van der Waals surface area (Å²) in [4.78, 5) is 2.41. The molecule has 0 radical (unpaired) electrons. The van der Waals surface area contributed by atoms with Gasteiger partial charge in [0.1, 0.15) is 0 Å². The lowest BCUT2D eigenvalue weighted by Crippen LogP contribution is -2.41. The molecule has 18 heavy (non-hydrogen) atoms. The van der Waals surface area contributed by atoms with Crippen molar-refractivity contribution in [2.75, 3.05) is 26.7 Å². The molecule has 0 unspecified atom stereocenters. The Kier molecular flexibility index (Phi) is 4.66. The molecule has 100 valence electrons. The van der Waals surface area contributed by atoms with Crippen LogP contribution < -0.4 is 5.32 Å². The summed E-state index contributed by atoms with van der Waals surface area (Å²) >= 11 is 6.15. The van der Waals surface area contributed by atoms with Crippen LogP contribution >= 0.6 is 11.6 Å². The van der Waals surface area contributed by atoms with Crippen LogP contribution in [0.25, 0.3) is 0 Å². The number of hydrogen-bond acceptors (Lipinski definition) is 2. The molecule has 3 heteroatoms. The number of piperidine rings is 1. The fourth-order valence-corrected chi connectivity index (χ4v) is 2.68. The fraction of sp³-hybridized carbons (Fsp3) is 0.600. The van der Waals surface area contributed by atoms with E-state index in [1.807, 2.05) is 18.2 Å². The van der Waals surface area contributed by atoms with E-state index >= 15 is 0 Å². The van der Waals surface area contributed by atoms with E-state index in [1.165, 1.54) is 31.5 Å². The Morgan fingerprint density at radius 3 is 2.61 bits per heavy atom. The molecule has 0 bridgehead atoms. The van der Waals surface area contributed by atoms with Gasteiger partial charge in [-0.15, -0.1) is 0 Å². The van der Waals surface area contributed by atoms with E-state index in [2.05, 4.69) is 30.3 Å². The Balaban J connectivity index is 1.80. The van der Waals surface area contributed by atoms with Gasteiger partial charge in [-0.2, -0.15) is 0 Å². The van der Waals surface area contributed by atoms with Crippen LogP contribution in [0.5, 0.6) is 0 Å². The van der Waals surface area contributed by atoms with Crippen LogP contribution in [0.4, 0.5) is 0 Å². The van der Waals surface area contributed by atoms with Crippen LogP contribution in [-0.2, 0) is 6.54 Å². The van der Waals surface area contributed by atoms with Crippen molar-refractivity contribution >= 4 is 11.6 Å². The lowest BCUT2D eigenvalue weighted by atomic mass is 9.80. The normalized spacial score (nSPS) is 19.9. The summed E-state index contributed by atoms with van der Waals surface area (Å²) in [5.41, 5.74) is 1.63. The molecule has 0 aliphatic carbocycles. The molecule has 0 spiro atoms. The van der Waals surface area contributed by atoms with Crippen LogP contribution in [0.1, 0.15) is 25.3 Å². The van der Waals surface area contributed by atoms with Gasteiger partial charge in [0.25, 0.3) is 0 Å². The minimum Gasteiger partial charge on any atom is -0.312 e. The van der Waals surface area contributed by atoms with Crippen molar-refractivity contribution in [1.29, 1.82) is 0 Å². The largest absolute Gasteiger partial charge is 0.312 e. The van der Waals surface area contributed by atoms with Gasteiger partial charge in [0.15, 0.2) is 0 Å². The minimum absolute atomic E-state index is 0.438. The van der Waals surface area contributed by atoms with Gasteiger partial charge in [0, 0.05) is 18.1 Å². The Morgan fingerprint density at radius 2 is 1.94 bits per heavy atom. The zero-order valence-electron chi connectivity index (χ0n) is 11.4. The number of hydrogen-bond donors (Lipinski definition) is 1. The highest BCUT2D eigenvalue weighted by Crippen LogP contribution is 2.29. The summed E-state index contributed by atoms with van der Waals surface area (Å²) in [5.74, 6) is 0. The van der Waals surface area contributed by atoms with E-state index in [4.69, 9.17) is 11.6 Å². The van der Waals surface area contributed by atoms with Crippen molar-refractivity contribution in [2.45, 2.75) is 26.3 Å². The average Bonchev–Trinajstić information content (AvgIpc) is 2.36. The monoisotopic (exact) mass is 266 g/mol. The zero-order valence-corrected chi connectivity index (χ0v) is 12.1. The van der Waals surface area contributed by atoms with Crippen molar-refractivity contribution in [3.63, 3.8) is 0 Å². The average molecular weight is 267 g/mol. The Labute approximate surface area is 115 Å². The molecule has 1 aromatic carbocycles. The molecule has 0 saturated carbocycles. The van der Waals surface area contributed by atoms with E-state index in [0.717, 1.165) is 18.1 Å². The third-order valence-corrected chi connectivity index (χ3v) is 4.39. The molecule has 2 rings (SSSR count). The van der Waals surface area contributed by atoms with Gasteiger partial charge in [-0.1, -0.05) is 36.7 Å². The highest BCUT2D eigenvalue weighted by Gasteiger charge is 2.28. The zero-order chi connectivity index (χ0) is 13.0. The molecule has 1 heterocycles. The third-order valence-electron chi connectivity index (χ3n) is 4.02. The number of nitrogens with one attached hydrogen (secondary N) is 1. The van der Waals surface area contributed by atoms with E-state index < -0.39 is 0 Å². The standard InChI is InChI=1S/C15H23ClN2/c1-15(7-9-18(2)10-8-15)12-17-11-13-5-3-4-6-14(13)16/h3-6,17H,7-12H2,1-2H3. The summed E-state index contributed by atoms with van der Waals surface area (Å²) < 4.78 is 0. The quantitative estimate of drug-likeness (QED) is 0.901. The van der Waals surface area contributed by atoms with Crippen LogP contribution in [0.2, 0.25) is 5.02 Å². The third kappa shape index (κ3) is 3.71. The first-order valence-corrected chi connectivity index (χ1v) is 7.10. The van der Waals surface area contributed by atoms with Gasteiger partial charge >= 0.3 is 0 Å². The first-order chi connectivity index (χ1) is 8.59. The molecule has 1 fully saturated rings. The van der Waals surface area contributed by atoms with E-state index in [0.29, 0.717) is 5.41 Å². The Bertz CT molecular complexity index is 384. The first-order valence-electron chi connectivity index (χ1n) is 6.72. The highest BCUT2D eigenvalue weighted by atomic mass is 35.5. The number of halogens is 1. The van der Waals surface area contributed by atoms with Crippen LogP contribution in [0.15, 0.2) is 24.3 Å². The molecule has 0 amide bonds. The number of rotatable bonds is 4. The van der Waals surface area contributed by atoms with E-state index in [9.17, 15) is 0 Å². The minimum atomic E-state index is 0.438.